The molecule has 1 N–H and O–H groups in total. The first-order valence-corrected chi connectivity index (χ1v) is 10.2. The normalized spacial score (nSPS) is 10.9. The van der Waals surface area contributed by atoms with Gasteiger partial charge in [0.1, 0.15) is 18.0 Å². The number of carbonyl (C=O) groups excluding carboxylic acids is 1. The van der Waals surface area contributed by atoms with E-state index in [0.29, 0.717) is 22.8 Å². The Morgan fingerprint density at radius 3 is 2.77 bits per heavy atom. The minimum absolute atomic E-state index is 0.0990. The van der Waals surface area contributed by atoms with Crippen molar-refractivity contribution in [2.45, 2.75) is 27.4 Å². The van der Waals surface area contributed by atoms with E-state index in [1.54, 1.807) is 23.6 Å². The van der Waals surface area contributed by atoms with Gasteiger partial charge in [-0.3, -0.25) is 14.0 Å². The number of aryl methyl sites for hydroxylation is 2. The molecule has 4 aromatic rings. The highest BCUT2D eigenvalue weighted by Gasteiger charge is 2.12. The van der Waals surface area contributed by atoms with Crippen molar-refractivity contribution >= 4 is 28.6 Å². The van der Waals surface area contributed by atoms with Crippen molar-refractivity contribution in [3.8, 4) is 17.0 Å². The molecule has 0 aliphatic heterocycles. The molecule has 0 radical (unpaired) electrons. The molecule has 7 nitrogen and oxygen atoms in total. The SMILES string of the molecule is CC(=O)Nc1cc(-c2csc(C)n2)ccc1OCc1cc(=O)n2cccc(C)c2n1. The average molecular weight is 420 g/mol. The van der Waals surface area contributed by atoms with Crippen molar-refractivity contribution in [1.82, 2.24) is 14.4 Å². The number of ether oxygens (including phenoxy) is 1. The molecule has 30 heavy (non-hydrogen) atoms. The Morgan fingerprint density at radius 2 is 2.03 bits per heavy atom. The summed E-state index contributed by atoms with van der Waals surface area (Å²) in [6.07, 6.45) is 1.69. The molecule has 0 saturated heterocycles. The number of hydrogen-bond acceptors (Lipinski definition) is 6. The van der Waals surface area contributed by atoms with Crippen LogP contribution in [-0.2, 0) is 11.4 Å². The summed E-state index contributed by atoms with van der Waals surface area (Å²) in [5.41, 5.74) is 4.11. The van der Waals surface area contributed by atoms with Gasteiger partial charge < -0.3 is 10.1 Å². The predicted octanol–water partition coefficient (Wildman–Crippen LogP) is 3.97. The summed E-state index contributed by atoms with van der Waals surface area (Å²) >= 11 is 1.56. The van der Waals surface area contributed by atoms with Crippen molar-refractivity contribution in [3.05, 3.63) is 74.6 Å². The van der Waals surface area contributed by atoms with E-state index < -0.39 is 0 Å². The molecule has 8 heteroatoms. The molecule has 0 aliphatic rings. The van der Waals surface area contributed by atoms with Gasteiger partial charge in [-0.25, -0.2) is 9.97 Å². The maximum absolute atomic E-state index is 12.4. The van der Waals surface area contributed by atoms with E-state index in [0.717, 1.165) is 21.8 Å². The average Bonchev–Trinajstić information content (AvgIpc) is 3.14. The van der Waals surface area contributed by atoms with Crippen molar-refractivity contribution in [3.63, 3.8) is 0 Å². The van der Waals surface area contributed by atoms with Crippen LogP contribution >= 0.6 is 11.3 Å². The van der Waals surface area contributed by atoms with Crippen LogP contribution in [0, 0.1) is 13.8 Å². The molecule has 1 aromatic carbocycles. The van der Waals surface area contributed by atoms with Gasteiger partial charge >= 0.3 is 0 Å². The first-order valence-electron chi connectivity index (χ1n) is 9.35. The van der Waals surface area contributed by atoms with Gasteiger partial charge in [-0.05, 0) is 43.7 Å². The van der Waals surface area contributed by atoms with E-state index in [9.17, 15) is 9.59 Å². The Kier molecular flexibility index (Phi) is 5.33. The number of carbonyl (C=O) groups is 1. The summed E-state index contributed by atoms with van der Waals surface area (Å²) < 4.78 is 7.43. The van der Waals surface area contributed by atoms with E-state index in [2.05, 4.69) is 15.3 Å². The molecule has 0 saturated carbocycles. The van der Waals surface area contributed by atoms with Crippen molar-refractivity contribution in [1.29, 1.82) is 0 Å². The van der Waals surface area contributed by atoms with Crippen LogP contribution in [0.15, 0.2) is 52.8 Å². The van der Waals surface area contributed by atoms with Crippen LogP contribution in [0.1, 0.15) is 23.2 Å². The molecule has 1 amide bonds. The lowest BCUT2D eigenvalue weighted by Crippen LogP contribution is -2.17. The van der Waals surface area contributed by atoms with Crippen LogP contribution < -0.4 is 15.6 Å². The molecule has 3 aromatic heterocycles. The van der Waals surface area contributed by atoms with E-state index in [1.807, 2.05) is 43.5 Å². The summed E-state index contributed by atoms with van der Waals surface area (Å²) in [5.74, 6) is 0.289. The number of anilines is 1. The third-order valence-corrected chi connectivity index (χ3v) is 5.29. The van der Waals surface area contributed by atoms with Gasteiger partial charge in [-0.2, -0.15) is 0 Å². The highest BCUT2D eigenvalue weighted by Crippen LogP contribution is 2.32. The summed E-state index contributed by atoms with van der Waals surface area (Å²) in [6, 6.07) is 10.7. The van der Waals surface area contributed by atoms with Crippen LogP contribution in [0.4, 0.5) is 5.69 Å². The van der Waals surface area contributed by atoms with Crippen LogP contribution in [0.2, 0.25) is 0 Å². The highest BCUT2D eigenvalue weighted by atomic mass is 32.1. The van der Waals surface area contributed by atoms with Gasteiger partial charge in [-0.15, -0.1) is 11.3 Å². The van der Waals surface area contributed by atoms with Crippen LogP contribution in [-0.4, -0.2) is 20.3 Å². The molecular formula is C22H20N4O3S. The maximum Gasteiger partial charge on any atom is 0.258 e. The van der Waals surface area contributed by atoms with Gasteiger partial charge in [0.15, 0.2) is 0 Å². The van der Waals surface area contributed by atoms with Gasteiger partial charge in [0, 0.05) is 30.1 Å². The van der Waals surface area contributed by atoms with Crippen molar-refractivity contribution in [2.75, 3.05) is 5.32 Å². The Labute approximate surface area is 177 Å². The number of benzene rings is 1. The standard InChI is InChI=1S/C22H20N4O3S/c1-13-5-4-8-26-21(28)10-17(25-22(13)26)11-29-20-7-6-16(9-18(20)23-14(2)27)19-12-30-15(3)24-19/h4-10,12H,11H2,1-3H3,(H,23,27). The molecular weight excluding hydrogens is 400 g/mol. The summed E-state index contributed by atoms with van der Waals surface area (Å²) in [5, 5.41) is 5.74. The zero-order valence-corrected chi connectivity index (χ0v) is 17.6. The number of hydrogen-bond donors (Lipinski definition) is 1. The summed E-state index contributed by atoms with van der Waals surface area (Å²) in [6.45, 7) is 5.39. The number of pyridine rings is 1. The van der Waals surface area contributed by atoms with E-state index in [-0.39, 0.29) is 18.1 Å². The monoisotopic (exact) mass is 420 g/mol. The third-order valence-electron chi connectivity index (χ3n) is 4.52. The minimum Gasteiger partial charge on any atom is -0.485 e. The molecule has 4 rings (SSSR count). The lowest BCUT2D eigenvalue weighted by molar-refractivity contribution is -0.114. The molecule has 152 valence electrons. The zero-order valence-electron chi connectivity index (χ0n) is 16.8. The van der Waals surface area contributed by atoms with Gasteiger partial charge in [0.2, 0.25) is 5.91 Å². The molecule has 3 heterocycles. The number of rotatable bonds is 5. The number of thiazole rings is 1. The summed E-state index contributed by atoms with van der Waals surface area (Å²) in [7, 11) is 0. The maximum atomic E-state index is 12.4. The predicted molar refractivity (Wildman–Crippen MR) is 117 cm³/mol. The fourth-order valence-corrected chi connectivity index (χ4v) is 3.76. The Morgan fingerprint density at radius 1 is 1.20 bits per heavy atom. The third kappa shape index (κ3) is 4.08. The van der Waals surface area contributed by atoms with E-state index >= 15 is 0 Å². The van der Waals surface area contributed by atoms with Crippen LogP contribution in [0.25, 0.3) is 16.9 Å². The first kappa shape index (κ1) is 19.8. The molecule has 0 aliphatic carbocycles. The number of amides is 1. The minimum atomic E-state index is -0.204. The number of nitrogens with one attached hydrogen (secondary N) is 1. The summed E-state index contributed by atoms with van der Waals surface area (Å²) in [4.78, 5) is 33.1. The lowest BCUT2D eigenvalue weighted by Gasteiger charge is -2.13. The zero-order chi connectivity index (χ0) is 21.3. The molecule has 0 spiro atoms. The second kappa shape index (κ2) is 8.08. The fraction of sp³-hybridized carbons (Fsp3) is 0.182. The number of nitrogens with zero attached hydrogens (tertiary/aromatic N) is 3. The Hall–Kier alpha value is -3.52. The van der Waals surface area contributed by atoms with Crippen molar-refractivity contribution in [2.24, 2.45) is 0 Å². The fourth-order valence-electron chi connectivity index (χ4n) is 3.13. The first-order chi connectivity index (χ1) is 14.4. The number of aromatic nitrogens is 3. The topological polar surface area (TPSA) is 85.6 Å². The molecule has 0 fully saturated rings. The van der Waals surface area contributed by atoms with Gasteiger partial charge in [-0.1, -0.05) is 6.07 Å². The second-order valence-electron chi connectivity index (χ2n) is 6.90. The van der Waals surface area contributed by atoms with E-state index in [1.165, 1.54) is 17.4 Å². The Bertz CT molecular complexity index is 1310. The van der Waals surface area contributed by atoms with Crippen LogP contribution in [0.3, 0.4) is 0 Å². The molecule has 0 atom stereocenters. The quantitative estimate of drug-likeness (QED) is 0.528. The Balaban J connectivity index is 1.64. The molecule has 0 bridgehead atoms. The number of fused-ring (bicyclic) bond motifs is 1. The van der Waals surface area contributed by atoms with Crippen molar-refractivity contribution < 1.29 is 9.53 Å². The van der Waals surface area contributed by atoms with Crippen LogP contribution in [0.5, 0.6) is 5.75 Å². The van der Waals surface area contributed by atoms with E-state index in [4.69, 9.17) is 4.74 Å². The van der Waals surface area contributed by atoms with Gasteiger partial charge in [0.25, 0.3) is 5.56 Å². The lowest BCUT2D eigenvalue weighted by atomic mass is 10.1. The largest absolute Gasteiger partial charge is 0.485 e. The highest BCUT2D eigenvalue weighted by molar-refractivity contribution is 7.09. The van der Waals surface area contributed by atoms with Gasteiger partial charge in [0.05, 0.1) is 22.1 Å². The smallest absolute Gasteiger partial charge is 0.258 e. The second-order valence-corrected chi connectivity index (χ2v) is 7.97. The molecule has 0 unspecified atom stereocenters.